The Hall–Kier alpha value is -5.98. The summed E-state index contributed by atoms with van der Waals surface area (Å²) in [7, 11) is 0. The molecule has 0 N–H and O–H groups in total. The van der Waals surface area contributed by atoms with Crippen molar-refractivity contribution < 1.29 is 0 Å². The van der Waals surface area contributed by atoms with E-state index in [0.717, 1.165) is 23.7 Å². The molecule has 0 nitrogen and oxygen atoms in total. The van der Waals surface area contributed by atoms with Gasteiger partial charge in [0.05, 0.1) is 0 Å². The van der Waals surface area contributed by atoms with Crippen LogP contribution in [-0.4, -0.2) is 0 Å². The van der Waals surface area contributed by atoms with Crippen molar-refractivity contribution in [1.82, 2.24) is 0 Å². The quantitative estimate of drug-likeness (QED) is 0.168. The highest BCUT2D eigenvalue weighted by molar-refractivity contribution is 6.06. The van der Waals surface area contributed by atoms with E-state index in [2.05, 4.69) is 184 Å². The van der Waals surface area contributed by atoms with Crippen LogP contribution in [0.5, 0.6) is 0 Å². The molecule has 59 heavy (non-hydrogen) atoms. The van der Waals surface area contributed by atoms with Crippen molar-refractivity contribution >= 4 is 10.8 Å². The molecule has 6 aliphatic carbocycles. The Balaban J connectivity index is 0.901. The van der Waals surface area contributed by atoms with Crippen LogP contribution in [0.4, 0.5) is 0 Å². The molecule has 0 aliphatic heterocycles. The first-order chi connectivity index (χ1) is 29.0. The van der Waals surface area contributed by atoms with Gasteiger partial charge < -0.3 is 0 Å². The predicted molar refractivity (Wildman–Crippen MR) is 247 cm³/mol. The van der Waals surface area contributed by atoms with Gasteiger partial charge in [-0.3, -0.25) is 0 Å². The summed E-state index contributed by atoms with van der Waals surface area (Å²) in [5.74, 6) is 3.44. The predicted octanol–water partition coefficient (Wildman–Crippen LogP) is 15.5. The van der Waals surface area contributed by atoms with Crippen molar-refractivity contribution in [3.05, 3.63) is 192 Å². The largest absolute Gasteiger partial charge is 0.0622 e. The highest BCUT2D eigenvalue weighted by atomic mass is 14.6. The van der Waals surface area contributed by atoms with Crippen molar-refractivity contribution in [3.8, 4) is 66.8 Å². The van der Waals surface area contributed by atoms with E-state index in [-0.39, 0.29) is 10.8 Å². The molecule has 4 fully saturated rings. The fraction of sp³-hybridized carbons (Fsp3) is 0.220. The fourth-order valence-corrected chi connectivity index (χ4v) is 13.8. The molecule has 0 saturated heterocycles. The molecule has 0 radical (unpaired) electrons. The number of hydrogen-bond donors (Lipinski definition) is 0. The number of benzene rings is 8. The fourth-order valence-electron chi connectivity index (χ4n) is 13.8. The minimum absolute atomic E-state index is 0.0634. The van der Waals surface area contributed by atoms with Gasteiger partial charge in [0.1, 0.15) is 0 Å². The van der Waals surface area contributed by atoms with Gasteiger partial charge in [-0.1, -0.05) is 172 Å². The van der Waals surface area contributed by atoms with Crippen LogP contribution < -0.4 is 0 Å². The monoisotopic (exact) mass is 756 g/mol. The maximum Gasteiger partial charge on any atom is 0.0272 e. The highest BCUT2D eigenvalue weighted by Gasteiger charge is 2.61. The van der Waals surface area contributed by atoms with Gasteiger partial charge in [0.15, 0.2) is 0 Å². The molecule has 4 saturated carbocycles. The van der Waals surface area contributed by atoms with Crippen LogP contribution in [0.15, 0.2) is 170 Å². The second kappa shape index (κ2) is 12.3. The Kier molecular flexibility index (Phi) is 7.06. The Morgan fingerprint density at radius 3 is 1.56 bits per heavy atom. The molecule has 0 aromatic heterocycles. The molecular formula is C59H48. The summed E-state index contributed by atoms with van der Waals surface area (Å²) >= 11 is 0. The topological polar surface area (TPSA) is 0 Å². The standard InChI is InChI=1S/C59H48/c1-58(2)52-27-25-42(38-21-23-40(24-22-38)47-17-9-14-41-13-8-16-46(56(41)47)39-11-4-3-5-12-39)34-50(52)51-35-43(26-28-53(51)58)48-18-10-20-55-57(48)49-15-6-7-19-54(49)59(55)44-30-36-29-37(32-44)33-45(59)31-36/h3-28,34-37,44-45H,29-33H2,1-2H3. The molecule has 0 atom stereocenters. The van der Waals surface area contributed by atoms with E-state index in [0.29, 0.717) is 0 Å². The zero-order valence-corrected chi connectivity index (χ0v) is 34.0. The molecule has 4 bridgehead atoms. The smallest absolute Gasteiger partial charge is 0.0272 e. The van der Waals surface area contributed by atoms with Gasteiger partial charge in [0, 0.05) is 10.8 Å². The average molecular weight is 757 g/mol. The molecule has 284 valence electrons. The summed E-state index contributed by atoms with van der Waals surface area (Å²) in [5, 5.41) is 2.58. The van der Waals surface area contributed by atoms with Crippen molar-refractivity contribution in [1.29, 1.82) is 0 Å². The van der Waals surface area contributed by atoms with Crippen molar-refractivity contribution in [2.45, 2.75) is 56.8 Å². The summed E-state index contributed by atoms with van der Waals surface area (Å²) in [4.78, 5) is 0. The van der Waals surface area contributed by atoms with Crippen LogP contribution in [0.25, 0.3) is 77.5 Å². The summed E-state index contributed by atoms with van der Waals surface area (Å²) in [5.41, 5.74) is 22.3. The summed E-state index contributed by atoms with van der Waals surface area (Å²) in [6.45, 7) is 4.82. The molecule has 1 spiro atoms. The lowest BCUT2D eigenvalue weighted by molar-refractivity contribution is -0.0399. The molecule has 8 aromatic carbocycles. The lowest BCUT2D eigenvalue weighted by Crippen LogP contribution is -2.55. The van der Waals surface area contributed by atoms with E-state index in [1.807, 2.05) is 0 Å². The minimum Gasteiger partial charge on any atom is -0.0622 e. The molecule has 0 heteroatoms. The lowest BCUT2D eigenvalue weighted by Gasteiger charge is -2.61. The van der Waals surface area contributed by atoms with E-state index in [9.17, 15) is 0 Å². The van der Waals surface area contributed by atoms with Gasteiger partial charge in [-0.2, -0.15) is 0 Å². The molecule has 0 heterocycles. The second-order valence-electron chi connectivity index (χ2n) is 19.2. The first-order valence-corrected chi connectivity index (χ1v) is 22.2. The van der Waals surface area contributed by atoms with E-state index in [1.165, 1.54) is 121 Å². The SMILES string of the molecule is CC1(C)c2ccc(-c3ccc(-c4cccc5cccc(-c6ccccc6)c45)cc3)cc2-c2cc(-c3cccc4c3-c3ccccc3C43C4CC5CC(C4)CC3C5)ccc21. The van der Waals surface area contributed by atoms with Gasteiger partial charge >= 0.3 is 0 Å². The third-order valence-electron chi connectivity index (χ3n) is 16.1. The zero-order chi connectivity index (χ0) is 39.0. The van der Waals surface area contributed by atoms with Gasteiger partial charge in [0.25, 0.3) is 0 Å². The Labute approximate surface area is 348 Å². The number of fused-ring (bicyclic) bond motifs is 7. The highest BCUT2D eigenvalue weighted by Crippen LogP contribution is 2.70. The molecular weight excluding hydrogens is 709 g/mol. The van der Waals surface area contributed by atoms with Gasteiger partial charge in [-0.25, -0.2) is 0 Å². The van der Waals surface area contributed by atoms with E-state index in [4.69, 9.17) is 0 Å². The number of rotatable bonds is 4. The first kappa shape index (κ1) is 33.9. The Bertz CT molecular complexity index is 2980. The maximum absolute atomic E-state index is 2.54. The maximum atomic E-state index is 2.54. The average Bonchev–Trinajstić information content (AvgIpc) is 3.70. The third-order valence-corrected chi connectivity index (χ3v) is 16.1. The van der Waals surface area contributed by atoms with Crippen LogP contribution in [0.1, 0.15) is 68.2 Å². The van der Waals surface area contributed by atoms with Crippen molar-refractivity contribution in [3.63, 3.8) is 0 Å². The van der Waals surface area contributed by atoms with E-state index >= 15 is 0 Å². The summed E-state index contributed by atoms with van der Waals surface area (Å²) in [6, 6.07) is 65.0. The third kappa shape index (κ3) is 4.67. The molecule has 8 aromatic rings. The van der Waals surface area contributed by atoms with Crippen LogP contribution in [-0.2, 0) is 10.8 Å². The summed E-state index contributed by atoms with van der Waals surface area (Å²) in [6.07, 6.45) is 7.15. The minimum atomic E-state index is -0.0634. The van der Waals surface area contributed by atoms with Crippen molar-refractivity contribution in [2.75, 3.05) is 0 Å². The Morgan fingerprint density at radius 2 is 0.864 bits per heavy atom. The van der Waals surface area contributed by atoms with Gasteiger partial charge in [-0.15, -0.1) is 0 Å². The van der Waals surface area contributed by atoms with Crippen LogP contribution in [0.3, 0.4) is 0 Å². The lowest BCUT2D eigenvalue weighted by atomic mass is 9.43. The van der Waals surface area contributed by atoms with Crippen LogP contribution in [0, 0.1) is 23.7 Å². The normalized spacial score (nSPS) is 23.6. The number of hydrogen-bond acceptors (Lipinski definition) is 0. The molecule has 14 rings (SSSR count). The zero-order valence-electron chi connectivity index (χ0n) is 34.0. The second-order valence-corrected chi connectivity index (χ2v) is 19.2. The van der Waals surface area contributed by atoms with Crippen LogP contribution >= 0.6 is 0 Å². The molecule has 0 unspecified atom stereocenters. The van der Waals surface area contributed by atoms with Gasteiger partial charge in [0.2, 0.25) is 0 Å². The first-order valence-electron chi connectivity index (χ1n) is 22.2. The van der Waals surface area contributed by atoms with E-state index in [1.54, 1.807) is 11.1 Å². The van der Waals surface area contributed by atoms with Crippen LogP contribution in [0.2, 0.25) is 0 Å². The van der Waals surface area contributed by atoms with Crippen molar-refractivity contribution in [2.24, 2.45) is 23.7 Å². The molecule has 0 amide bonds. The Morgan fingerprint density at radius 1 is 0.356 bits per heavy atom. The van der Waals surface area contributed by atoms with E-state index < -0.39 is 0 Å². The van der Waals surface area contributed by atoms with Gasteiger partial charge in [-0.05, 0) is 168 Å². The summed E-state index contributed by atoms with van der Waals surface area (Å²) < 4.78 is 0. The molecule has 6 aliphatic rings.